The number of carbonyl (C=O) groups excluding carboxylic acids is 4. The standard InChI is InChI=1S/C18H30O9/c1-11(2)13(15(19)23-5)17(21)26-9-7-25-8-10-27-18(22)14(12(3)4)16(20)24-6/h11-14H,7-10H2,1-6H3. The molecule has 0 aliphatic carbocycles. The molecule has 0 saturated heterocycles. The van der Waals surface area contributed by atoms with Crippen LogP contribution < -0.4 is 0 Å². The van der Waals surface area contributed by atoms with Crippen molar-refractivity contribution in [1.29, 1.82) is 0 Å². The van der Waals surface area contributed by atoms with Gasteiger partial charge in [0, 0.05) is 0 Å². The fraction of sp³-hybridized carbons (Fsp3) is 0.778. The Bertz CT molecular complexity index is 455. The fourth-order valence-corrected chi connectivity index (χ4v) is 2.22. The van der Waals surface area contributed by atoms with E-state index in [1.165, 1.54) is 14.2 Å². The molecule has 0 radical (unpaired) electrons. The summed E-state index contributed by atoms with van der Waals surface area (Å²) in [5.41, 5.74) is 0. The van der Waals surface area contributed by atoms with E-state index in [1.54, 1.807) is 27.7 Å². The van der Waals surface area contributed by atoms with Crippen LogP contribution in [-0.4, -0.2) is 64.5 Å². The van der Waals surface area contributed by atoms with Crippen LogP contribution in [0.25, 0.3) is 0 Å². The van der Waals surface area contributed by atoms with Gasteiger partial charge in [-0.1, -0.05) is 27.7 Å². The van der Waals surface area contributed by atoms with Gasteiger partial charge in [0.1, 0.15) is 13.2 Å². The zero-order chi connectivity index (χ0) is 21.0. The first kappa shape index (κ1) is 24.8. The van der Waals surface area contributed by atoms with Crippen molar-refractivity contribution in [2.24, 2.45) is 23.7 Å². The highest BCUT2D eigenvalue weighted by molar-refractivity contribution is 5.95. The molecule has 9 heteroatoms. The summed E-state index contributed by atoms with van der Waals surface area (Å²) in [5.74, 6) is -5.12. The zero-order valence-electron chi connectivity index (χ0n) is 16.8. The van der Waals surface area contributed by atoms with Gasteiger partial charge in [-0.2, -0.15) is 0 Å². The van der Waals surface area contributed by atoms with Crippen molar-refractivity contribution < 1.29 is 42.9 Å². The van der Waals surface area contributed by atoms with Crippen LogP contribution in [0.4, 0.5) is 0 Å². The van der Waals surface area contributed by atoms with Gasteiger partial charge in [-0.05, 0) is 11.8 Å². The first-order valence-electron chi connectivity index (χ1n) is 8.73. The van der Waals surface area contributed by atoms with Crippen LogP contribution in [0.15, 0.2) is 0 Å². The third-order valence-corrected chi connectivity index (χ3v) is 3.70. The van der Waals surface area contributed by atoms with Crippen LogP contribution in [-0.2, 0) is 42.9 Å². The van der Waals surface area contributed by atoms with Crippen molar-refractivity contribution in [3.63, 3.8) is 0 Å². The van der Waals surface area contributed by atoms with Gasteiger partial charge in [0.2, 0.25) is 0 Å². The van der Waals surface area contributed by atoms with E-state index in [0.29, 0.717) is 0 Å². The maximum absolute atomic E-state index is 11.9. The highest BCUT2D eigenvalue weighted by Crippen LogP contribution is 2.15. The van der Waals surface area contributed by atoms with Gasteiger partial charge in [-0.3, -0.25) is 19.2 Å². The Kier molecular flexibility index (Phi) is 12.0. The van der Waals surface area contributed by atoms with Gasteiger partial charge in [0.05, 0.1) is 27.4 Å². The van der Waals surface area contributed by atoms with Crippen molar-refractivity contribution >= 4 is 23.9 Å². The topological polar surface area (TPSA) is 114 Å². The molecular formula is C18H30O9. The van der Waals surface area contributed by atoms with Crippen LogP contribution in [0.1, 0.15) is 27.7 Å². The van der Waals surface area contributed by atoms with E-state index in [2.05, 4.69) is 9.47 Å². The Labute approximate surface area is 159 Å². The van der Waals surface area contributed by atoms with Crippen LogP contribution in [0.2, 0.25) is 0 Å². The smallest absolute Gasteiger partial charge is 0.320 e. The molecule has 0 aliphatic rings. The minimum Gasteiger partial charge on any atom is -0.468 e. The molecule has 9 nitrogen and oxygen atoms in total. The van der Waals surface area contributed by atoms with Crippen LogP contribution >= 0.6 is 0 Å². The lowest BCUT2D eigenvalue weighted by atomic mass is 9.96. The lowest BCUT2D eigenvalue weighted by Gasteiger charge is -2.17. The van der Waals surface area contributed by atoms with Crippen molar-refractivity contribution in [3.8, 4) is 0 Å². The minimum absolute atomic E-state index is 0.0518. The Morgan fingerprint density at radius 1 is 0.593 bits per heavy atom. The van der Waals surface area contributed by atoms with Gasteiger partial charge < -0.3 is 23.7 Å². The number of rotatable bonds is 12. The van der Waals surface area contributed by atoms with Gasteiger partial charge >= 0.3 is 23.9 Å². The van der Waals surface area contributed by atoms with E-state index in [9.17, 15) is 19.2 Å². The van der Waals surface area contributed by atoms with Crippen molar-refractivity contribution in [2.45, 2.75) is 27.7 Å². The maximum atomic E-state index is 11.9. The average Bonchev–Trinajstić information content (AvgIpc) is 2.59. The largest absolute Gasteiger partial charge is 0.468 e. The minimum atomic E-state index is -0.984. The molecule has 27 heavy (non-hydrogen) atoms. The third-order valence-electron chi connectivity index (χ3n) is 3.70. The van der Waals surface area contributed by atoms with E-state index in [0.717, 1.165) is 0 Å². The fourth-order valence-electron chi connectivity index (χ4n) is 2.22. The molecule has 0 heterocycles. The summed E-state index contributed by atoms with van der Waals surface area (Å²) in [6.45, 7) is 6.89. The van der Waals surface area contributed by atoms with Gasteiger partial charge in [0.25, 0.3) is 0 Å². The number of methoxy groups -OCH3 is 2. The van der Waals surface area contributed by atoms with E-state index in [1.807, 2.05) is 0 Å². The number of carbonyl (C=O) groups is 4. The first-order chi connectivity index (χ1) is 12.7. The van der Waals surface area contributed by atoms with Gasteiger partial charge in [-0.15, -0.1) is 0 Å². The zero-order valence-corrected chi connectivity index (χ0v) is 16.8. The molecule has 0 saturated carbocycles. The molecule has 156 valence electrons. The lowest BCUT2D eigenvalue weighted by Crippen LogP contribution is -2.32. The summed E-state index contributed by atoms with van der Waals surface area (Å²) in [5, 5.41) is 0. The summed E-state index contributed by atoms with van der Waals surface area (Å²) in [6, 6.07) is 0. The van der Waals surface area contributed by atoms with E-state index < -0.39 is 35.7 Å². The summed E-state index contributed by atoms with van der Waals surface area (Å²) in [6.07, 6.45) is 0. The highest BCUT2D eigenvalue weighted by atomic mass is 16.6. The Hall–Kier alpha value is -2.16. The number of hydrogen-bond acceptors (Lipinski definition) is 9. The normalized spacial score (nSPS) is 13.0. The summed E-state index contributed by atoms with van der Waals surface area (Å²) in [7, 11) is 2.42. The molecule has 0 spiro atoms. The van der Waals surface area contributed by atoms with Crippen molar-refractivity contribution in [3.05, 3.63) is 0 Å². The number of hydrogen-bond donors (Lipinski definition) is 0. The van der Waals surface area contributed by atoms with Crippen LogP contribution in [0, 0.1) is 23.7 Å². The molecule has 0 N–H and O–H groups in total. The van der Waals surface area contributed by atoms with Crippen molar-refractivity contribution in [1.82, 2.24) is 0 Å². The second kappa shape index (κ2) is 13.1. The second-order valence-corrected chi connectivity index (χ2v) is 6.44. The first-order valence-corrected chi connectivity index (χ1v) is 8.73. The summed E-state index contributed by atoms with van der Waals surface area (Å²) >= 11 is 0. The Morgan fingerprint density at radius 3 is 1.19 bits per heavy atom. The summed E-state index contributed by atoms with van der Waals surface area (Å²) < 4.78 is 24.4. The highest BCUT2D eigenvalue weighted by Gasteiger charge is 2.33. The summed E-state index contributed by atoms with van der Waals surface area (Å²) in [4.78, 5) is 46.9. The molecular weight excluding hydrogens is 360 g/mol. The quantitative estimate of drug-likeness (QED) is 0.208. The maximum Gasteiger partial charge on any atom is 0.320 e. The van der Waals surface area contributed by atoms with Crippen LogP contribution in [0.3, 0.4) is 0 Å². The Morgan fingerprint density at radius 2 is 0.926 bits per heavy atom. The molecule has 2 atom stereocenters. The molecule has 2 unspecified atom stereocenters. The molecule has 0 aromatic heterocycles. The molecule has 0 bridgehead atoms. The van der Waals surface area contributed by atoms with Gasteiger partial charge in [-0.25, -0.2) is 0 Å². The van der Waals surface area contributed by atoms with Crippen LogP contribution in [0.5, 0.6) is 0 Å². The third kappa shape index (κ3) is 8.85. The number of ether oxygens (including phenoxy) is 5. The molecule has 0 aromatic rings. The van der Waals surface area contributed by atoms with E-state index >= 15 is 0 Å². The molecule has 0 aliphatic heterocycles. The predicted molar refractivity (Wildman–Crippen MR) is 93.4 cm³/mol. The molecule has 0 aromatic carbocycles. The SMILES string of the molecule is COC(=O)C(C(=O)OCCOCCOC(=O)C(C(=O)OC)C(C)C)C(C)C. The molecule has 0 rings (SSSR count). The van der Waals surface area contributed by atoms with E-state index in [-0.39, 0.29) is 38.3 Å². The second-order valence-electron chi connectivity index (χ2n) is 6.44. The molecule has 0 amide bonds. The van der Waals surface area contributed by atoms with E-state index in [4.69, 9.17) is 14.2 Å². The average molecular weight is 390 g/mol. The predicted octanol–water partition coefficient (Wildman–Crippen LogP) is 0.980. The van der Waals surface area contributed by atoms with Crippen molar-refractivity contribution in [2.75, 3.05) is 40.6 Å². The van der Waals surface area contributed by atoms with Gasteiger partial charge in [0.15, 0.2) is 11.8 Å². The molecule has 0 fully saturated rings. The monoisotopic (exact) mass is 390 g/mol. The lowest BCUT2D eigenvalue weighted by molar-refractivity contribution is -0.164. The number of esters is 4. The Balaban J connectivity index is 4.10.